The first-order valence-electron chi connectivity index (χ1n) is 9.41. The predicted molar refractivity (Wildman–Crippen MR) is 98.3 cm³/mol. The van der Waals surface area contributed by atoms with Crippen molar-refractivity contribution in [2.75, 3.05) is 19.8 Å². The second kappa shape index (κ2) is 13.3. The number of rotatable bonds is 13. The fourth-order valence-electron chi connectivity index (χ4n) is 2.60. The predicted octanol–water partition coefficient (Wildman–Crippen LogP) is 4.14. The van der Waals surface area contributed by atoms with E-state index in [2.05, 4.69) is 6.92 Å². The molecule has 0 saturated heterocycles. The lowest BCUT2D eigenvalue weighted by molar-refractivity contribution is -0.143. The molecule has 5 nitrogen and oxygen atoms in total. The van der Waals surface area contributed by atoms with Crippen molar-refractivity contribution in [2.24, 2.45) is 0 Å². The van der Waals surface area contributed by atoms with Crippen LogP contribution in [0.3, 0.4) is 0 Å². The molecule has 0 fully saturated rings. The van der Waals surface area contributed by atoms with Gasteiger partial charge in [0.25, 0.3) is 0 Å². The zero-order chi connectivity index (χ0) is 18.3. The van der Waals surface area contributed by atoms with Crippen LogP contribution >= 0.6 is 0 Å². The molecule has 0 atom stereocenters. The monoisotopic (exact) mass is 349 g/mol. The minimum Gasteiger partial charge on any atom is -0.493 e. The minimum atomic E-state index is -0.378. The molecule has 0 amide bonds. The zero-order valence-electron chi connectivity index (χ0n) is 15.6. The van der Waals surface area contributed by atoms with E-state index in [4.69, 9.17) is 9.47 Å². The average molecular weight is 349 g/mol. The number of ether oxygens (including phenoxy) is 2. The number of esters is 1. The Labute approximate surface area is 151 Å². The molecular weight excluding hydrogens is 318 g/mol. The molecule has 1 rings (SSSR count). The molecule has 0 aromatic heterocycles. The Hall–Kier alpha value is -2.00. The van der Waals surface area contributed by atoms with Crippen LogP contribution in [-0.4, -0.2) is 36.6 Å². The Morgan fingerprint density at radius 3 is 2.40 bits per heavy atom. The van der Waals surface area contributed by atoms with E-state index in [9.17, 15) is 9.59 Å². The molecule has 0 aromatic rings. The van der Waals surface area contributed by atoms with Crippen LogP contribution in [0.1, 0.15) is 65.2 Å². The molecule has 0 spiro atoms. The summed E-state index contributed by atoms with van der Waals surface area (Å²) in [5.41, 5.74) is 0.279. The zero-order valence-corrected chi connectivity index (χ0v) is 15.6. The van der Waals surface area contributed by atoms with Crippen LogP contribution in [0.25, 0.3) is 0 Å². The number of carbonyl (C=O) groups excluding carboxylic acids is 2. The summed E-state index contributed by atoms with van der Waals surface area (Å²) in [7, 11) is 0. The Kier molecular flexibility index (Phi) is 11.2. The van der Waals surface area contributed by atoms with Crippen LogP contribution in [0.2, 0.25) is 0 Å². The first-order chi connectivity index (χ1) is 12.2. The van der Waals surface area contributed by atoms with Gasteiger partial charge in [-0.15, -0.1) is 0 Å². The van der Waals surface area contributed by atoms with Crippen molar-refractivity contribution < 1.29 is 19.1 Å². The molecule has 0 aromatic carbocycles. The minimum absolute atomic E-state index is 0.00325. The third-order valence-corrected chi connectivity index (χ3v) is 3.98. The number of allylic oxidation sites excluding steroid dienone is 2. The molecule has 0 N–H and O–H groups in total. The van der Waals surface area contributed by atoms with Gasteiger partial charge in [-0.05, 0) is 19.4 Å². The largest absolute Gasteiger partial charge is 0.493 e. The van der Waals surface area contributed by atoms with Gasteiger partial charge < -0.3 is 14.4 Å². The standard InChI is InChI=1S/C20H31NO4/c1-3-5-6-7-8-9-10-11-14-25-19-12-13-21(18(15-19)17-22)16-20(23)24-4-2/h12-13,15H,3-11,14,16H2,1-2H3. The van der Waals surface area contributed by atoms with Crippen molar-refractivity contribution in [1.29, 1.82) is 0 Å². The maximum atomic E-state index is 11.5. The van der Waals surface area contributed by atoms with Gasteiger partial charge in [-0.25, -0.2) is 4.79 Å². The normalized spacial score (nSPS) is 13.4. The van der Waals surface area contributed by atoms with Gasteiger partial charge in [0.05, 0.1) is 13.2 Å². The van der Waals surface area contributed by atoms with Crippen LogP contribution < -0.4 is 0 Å². The maximum absolute atomic E-state index is 11.5. The number of carbonyl (C=O) groups is 1. The molecule has 1 aliphatic heterocycles. The van der Waals surface area contributed by atoms with Crippen molar-refractivity contribution in [2.45, 2.75) is 65.2 Å². The van der Waals surface area contributed by atoms with Gasteiger partial charge in [-0.2, -0.15) is 0 Å². The number of nitrogens with zero attached hydrogens (tertiary/aromatic N) is 1. The van der Waals surface area contributed by atoms with Gasteiger partial charge >= 0.3 is 5.97 Å². The van der Waals surface area contributed by atoms with Gasteiger partial charge in [-0.3, -0.25) is 4.79 Å². The van der Waals surface area contributed by atoms with Crippen LogP contribution in [-0.2, 0) is 19.1 Å². The summed E-state index contributed by atoms with van der Waals surface area (Å²) in [4.78, 5) is 24.1. The molecule has 0 radical (unpaired) electrons. The summed E-state index contributed by atoms with van der Waals surface area (Å²) < 4.78 is 10.6. The fraction of sp³-hybridized carbons (Fsp3) is 0.650. The van der Waals surface area contributed by atoms with E-state index < -0.39 is 0 Å². The lowest BCUT2D eigenvalue weighted by Gasteiger charge is -2.22. The van der Waals surface area contributed by atoms with E-state index >= 15 is 0 Å². The Morgan fingerprint density at radius 2 is 1.76 bits per heavy atom. The number of hydrogen-bond donors (Lipinski definition) is 0. The van der Waals surface area contributed by atoms with Crippen molar-refractivity contribution in [3.63, 3.8) is 0 Å². The second-order valence-corrected chi connectivity index (χ2v) is 6.11. The van der Waals surface area contributed by atoms with Crippen molar-refractivity contribution in [3.8, 4) is 0 Å². The Morgan fingerprint density at radius 1 is 1.08 bits per heavy atom. The highest BCUT2D eigenvalue weighted by Gasteiger charge is 2.16. The van der Waals surface area contributed by atoms with Crippen molar-refractivity contribution in [3.05, 3.63) is 29.8 Å². The molecule has 1 aliphatic rings. The number of hydrogen-bond acceptors (Lipinski definition) is 5. The number of unbranched alkanes of at least 4 members (excludes halogenated alkanes) is 7. The van der Waals surface area contributed by atoms with E-state index in [-0.39, 0.29) is 18.2 Å². The molecule has 1 heterocycles. The lowest BCUT2D eigenvalue weighted by Crippen LogP contribution is -2.27. The molecule has 5 heteroatoms. The van der Waals surface area contributed by atoms with E-state index in [0.29, 0.717) is 19.0 Å². The first kappa shape index (κ1) is 21.0. The first-order valence-corrected chi connectivity index (χ1v) is 9.41. The molecule has 0 bridgehead atoms. The van der Waals surface area contributed by atoms with Crippen LogP contribution in [0.5, 0.6) is 0 Å². The summed E-state index contributed by atoms with van der Waals surface area (Å²) in [6.07, 6.45) is 15.0. The van der Waals surface area contributed by atoms with E-state index in [1.165, 1.54) is 43.4 Å². The molecule has 0 aliphatic carbocycles. The second-order valence-electron chi connectivity index (χ2n) is 6.11. The van der Waals surface area contributed by atoms with Crippen LogP contribution in [0.4, 0.5) is 0 Å². The third kappa shape index (κ3) is 9.16. The quantitative estimate of drug-likeness (QED) is 0.284. The molecule has 0 saturated carbocycles. The van der Waals surface area contributed by atoms with Gasteiger partial charge in [0, 0.05) is 12.3 Å². The summed E-state index contributed by atoms with van der Waals surface area (Å²) in [5.74, 6) is 2.09. The molecule has 25 heavy (non-hydrogen) atoms. The summed E-state index contributed by atoms with van der Waals surface area (Å²) in [5, 5.41) is 0. The van der Waals surface area contributed by atoms with Crippen molar-refractivity contribution in [1.82, 2.24) is 4.90 Å². The van der Waals surface area contributed by atoms with Gasteiger partial charge in [-0.1, -0.05) is 51.9 Å². The highest BCUT2D eigenvalue weighted by Crippen LogP contribution is 2.17. The van der Waals surface area contributed by atoms with Gasteiger partial charge in [0.15, 0.2) is 5.94 Å². The van der Waals surface area contributed by atoms with E-state index in [0.717, 1.165) is 12.8 Å². The summed E-state index contributed by atoms with van der Waals surface area (Å²) in [6.45, 7) is 4.93. The van der Waals surface area contributed by atoms with Crippen molar-refractivity contribution >= 4 is 11.9 Å². The molecule has 0 unspecified atom stereocenters. The summed E-state index contributed by atoms with van der Waals surface area (Å²) >= 11 is 0. The highest BCUT2D eigenvalue weighted by molar-refractivity contribution is 5.73. The highest BCUT2D eigenvalue weighted by atomic mass is 16.5. The third-order valence-electron chi connectivity index (χ3n) is 3.98. The van der Waals surface area contributed by atoms with E-state index in [1.807, 2.05) is 5.94 Å². The smallest absolute Gasteiger partial charge is 0.325 e. The Bertz CT molecular complexity index is 504. The molecule has 140 valence electrons. The van der Waals surface area contributed by atoms with Crippen LogP contribution in [0, 0.1) is 0 Å². The van der Waals surface area contributed by atoms with Gasteiger partial charge in [0.2, 0.25) is 0 Å². The lowest BCUT2D eigenvalue weighted by atomic mass is 10.1. The van der Waals surface area contributed by atoms with E-state index in [1.54, 1.807) is 25.3 Å². The molecular formula is C20H31NO4. The summed E-state index contributed by atoms with van der Waals surface area (Å²) in [6, 6.07) is 0. The SMILES string of the molecule is CCCCCCCCCCOC1=CC(=C=O)N(CC(=O)OCC)C=C1. The van der Waals surface area contributed by atoms with Gasteiger partial charge in [0.1, 0.15) is 18.0 Å². The Balaban J connectivity index is 2.23. The maximum Gasteiger partial charge on any atom is 0.325 e. The average Bonchev–Trinajstić information content (AvgIpc) is 2.61. The topological polar surface area (TPSA) is 55.8 Å². The van der Waals surface area contributed by atoms with Crippen LogP contribution in [0.15, 0.2) is 29.8 Å². The fourth-order valence-corrected chi connectivity index (χ4v) is 2.60.